The van der Waals surface area contributed by atoms with E-state index in [0.29, 0.717) is 40.2 Å². The highest BCUT2D eigenvalue weighted by Crippen LogP contribution is 2.27. The monoisotopic (exact) mass is 376 g/mol. The van der Waals surface area contributed by atoms with Crippen molar-refractivity contribution >= 4 is 27.5 Å². The van der Waals surface area contributed by atoms with E-state index in [-0.39, 0.29) is 22.8 Å². The van der Waals surface area contributed by atoms with E-state index in [2.05, 4.69) is 4.98 Å². The quantitative estimate of drug-likeness (QED) is 0.715. The van der Waals surface area contributed by atoms with E-state index in [1.165, 1.54) is 16.7 Å². The van der Waals surface area contributed by atoms with Crippen molar-refractivity contribution in [2.45, 2.75) is 19.9 Å². The molecular formula is C18H17FN2O4S. The number of rotatable bonds is 6. The van der Waals surface area contributed by atoms with Gasteiger partial charge >= 0.3 is 5.97 Å². The normalized spacial score (nSPS) is 11.2. The van der Waals surface area contributed by atoms with Crippen molar-refractivity contribution < 1.29 is 19.0 Å². The molecule has 136 valence electrons. The fourth-order valence-electron chi connectivity index (χ4n) is 2.83. The molecule has 0 amide bonds. The highest BCUT2D eigenvalue weighted by atomic mass is 32.1. The van der Waals surface area contributed by atoms with Crippen LogP contribution in [0, 0.1) is 12.7 Å². The second kappa shape index (κ2) is 7.35. The maximum Gasteiger partial charge on any atom is 0.346 e. The van der Waals surface area contributed by atoms with E-state index in [1.54, 1.807) is 26.2 Å². The Morgan fingerprint density at radius 2 is 2.19 bits per heavy atom. The summed E-state index contributed by atoms with van der Waals surface area (Å²) in [6.45, 7) is 2.11. The Labute approximate surface area is 152 Å². The zero-order chi connectivity index (χ0) is 18.8. The van der Waals surface area contributed by atoms with Crippen LogP contribution in [0.2, 0.25) is 0 Å². The van der Waals surface area contributed by atoms with Crippen LogP contribution in [0.1, 0.15) is 26.6 Å². The third kappa shape index (κ3) is 3.38. The van der Waals surface area contributed by atoms with Gasteiger partial charge in [-0.05, 0) is 30.2 Å². The van der Waals surface area contributed by atoms with Crippen molar-refractivity contribution in [1.29, 1.82) is 0 Å². The summed E-state index contributed by atoms with van der Waals surface area (Å²) in [5, 5.41) is 9.61. The molecule has 1 N–H and O–H groups in total. The van der Waals surface area contributed by atoms with Gasteiger partial charge in [0.15, 0.2) is 0 Å². The Balaban J connectivity index is 2.20. The fourth-order valence-corrected chi connectivity index (χ4v) is 3.86. The molecule has 0 fully saturated rings. The molecular weight excluding hydrogens is 359 g/mol. The lowest BCUT2D eigenvalue weighted by Gasteiger charge is -2.12. The van der Waals surface area contributed by atoms with Gasteiger partial charge in [0, 0.05) is 13.5 Å². The molecule has 0 aliphatic heterocycles. The molecule has 8 heteroatoms. The van der Waals surface area contributed by atoms with Crippen LogP contribution in [0.3, 0.4) is 0 Å². The summed E-state index contributed by atoms with van der Waals surface area (Å²) in [5.74, 6) is -0.991. The lowest BCUT2D eigenvalue weighted by atomic mass is 10.2. The Morgan fingerprint density at radius 3 is 2.85 bits per heavy atom. The number of nitrogens with zero attached hydrogens (tertiary/aromatic N) is 2. The summed E-state index contributed by atoms with van der Waals surface area (Å²) >= 11 is 0.986. The van der Waals surface area contributed by atoms with E-state index < -0.39 is 5.97 Å². The summed E-state index contributed by atoms with van der Waals surface area (Å²) in [4.78, 5) is 29.4. The average molecular weight is 376 g/mol. The Kier molecular flexibility index (Phi) is 5.15. The van der Waals surface area contributed by atoms with Crippen molar-refractivity contribution in [2.75, 3.05) is 13.7 Å². The van der Waals surface area contributed by atoms with E-state index >= 15 is 0 Å². The van der Waals surface area contributed by atoms with Crippen molar-refractivity contribution in [3.63, 3.8) is 0 Å². The van der Waals surface area contributed by atoms with Gasteiger partial charge in [0.25, 0.3) is 5.56 Å². The highest BCUT2D eigenvalue weighted by molar-refractivity contribution is 7.20. The molecule has 0 spiro atoms. The minimum Gasteiger partial charge on any atom is -0.477 e. The number of carbonyl (C=O) groups is 1. The molecule has 0 aliphatic rings. The number of fused-ring (bicyclic) bond motifs is 1. The van der Waals surface area contributed by atoms with Gasteiger partial charge < -0.3 is 9.84 Å². The molecule has 0 saturated heterocycles. The number of thiophene rings is 1. The summed E-state index contributed by atoms with van der Waals surface area (Å²) < 4.78 is 20.0. The molecule has 0 unspecified atom stereocenters. The number of ether oxygens (including phenoxy) is 1. The number of aromatic nitrogens is 2. The van der Waals surface area contributed by atoms with Gasteiger partial charge in [-0.3, -0.25) is 9.36 Å². The SMILES string of the molecule is COCCc1nc2sc(C(=O)O)c(C)c2c(=O)n1Cc1cccc(F)c1. The maximum absolute atomic E-state index is 13.5. The summed E-state index contributed by atoms with van der Waals surface area (Å²) in [7, 11) is 1.55. The molecule has 3 rings (SSSR count). The first kappa shape index (κ1) is 18.2. The number of hydrogen-bond acceptors (Lipinski definition) is 5. The number of hydrogen-bond donors (Lipinski definition) is 1. The molecule has 0 atom stereocenters. The van der Waals surface area contributed by atoms with E-state index in [1.807, 2.05) is 0 Å². The van der Waals surface area contributed by atoms with Crippen LogP contribution >= 0.6 is 11.3 Å². The van der Waals surface area contributed by atoms with E-state index in [9.17, 15) is 19.1 Å². The molecule has 0 radical (unpaired) electrons. The molecule has 3 aromatic rings. The predicted molar refractivity (Wildman–Crippen MR) is 96.7 cm³/mol. The van der Waals surface area contributed by atoms with Crippen molar-refractivity contribution in [1.82, 2.24) is 9.55 Å². The van der Waals surface area contributed by atoms with Crippen LogP contribution in [0.4, 0.5) is 4.39 Å². The van der Waals surface area contributed by atoms with Crippen LogP contribution in [0.25, 0.3) is 10.2 Å². The minimum atomic E-state index is -1.08. The highest BCUT2D eigenvalue weighted by Gasteiger charge is 2.21. The zero-order valence-corrected chi connectivity index (χ0v) is 15.1. The third-order valence-electron chi connectivity index (χ3n) is 4.08. The van der Waals surface area contributed by atoms with Gasteiger partial charge in [-0.25, -0.2) is 14.2 Å². The maximum atomic E-state index is 13.5. The van der Waals surface area contributed by atoms with Crippen LogP contribution in [-0.2, 0) is 17.7 Å². The number of benzene rings is 1. The van der Waals surface area contributed by atoms with Crippen LogP contribution < -0.4 is 5.56 Å². The van der Waals surface area contributed by atoms with Crippen LogP contribution in [0.5, 0.6) is 0 Å². The lowest BCUT2D eigenvalue weighted by molar-refractivity contribution is 0.0701. The first-order valence-electron chi connectivity index (χ1n) is 7.92. The van der Waals surface area contributed by atoms with Gasteiger partial charge in [-0.2, -0.15) is 0 Å². The molecule has 0 aliphatic carbocycles. The second-order valence-corrected chi connectivity index (χ2v) is 6.83. The van der Waals surface area contributed by atoms with E-state index in [0.717, 1.165) is 11.3 Å². The molecule has 26 heavy (non-hydrogen) atoms. The standard InChI is InChI=1S/C18H17FN2O4S/c1-10-14-16(26-15(10)18(23)24)20-13(6-7-25-2)21(17(14)22)9-11-4-3-5-12(19)8-11/h3-5,8H,6-7,9H2,1-2H3,(H,23,24). The smallest absolute Gasteiger partial charge is 0.346 e. The molecule has 2 heterocycles. The number of aryl methyl sites for hydroxylation is 1. The Hall–Kier alpha value is -2.58. The van der Waals surface area contributed by atoms with Gasteiger partial charge in [-0.15, -0.1) is 11.3 Å². The van der Waals surface area contributed by atoms with Crippen LogP contribution in [-0.4, -0.2) is 34.3 Å². The zero-order valence-electron chi connectivity index (χ0n) is 14.3. The van der Waals surface area contributed by atoms with E-state index in [4.69, 9.17) is 4.74 Å². The molecule has 1 aromatic carbocycles. The average Bonchev–Trinajstić information content (AvgIpc) is 2.93. The summed E-state index contributed by atoms with van der Waals surface area (Å²) in [6.07, 6.45) is 0.385. The number of carboxylic acid groups (broad SMARTS) is 1. The van der Waals surface area contributed by atoms with Crippen molar-refractivity contribution in [2.24, 2.45) is 0 Å². The second-order valence-electron chi connectivity index (χ2n) is 5.83. The lowest BCUT2D eigenvalue weighted by Crippen LogP contribution is -2.26. The van der Waals surface area contributed by atoms with Gasteiger partial charge in [0.05, 0.1) is 18.5 Å². The third-order valence-corrected chi connectivity index (χ3v) is 5.26. The first-order valence-corrected chi connectivity index (χ1v) is 8.73. The number of methoxy groups -OCH3 is 1. The summed E-state index contributed by atoms with van der Waals surface area (Å²) in [5.41, 5.74) is 0.700. The van der Waals surface area contributed by atoms with Crippen molar-refractivity contribution in [3.8, 4) is 0 Å². The topological polar surface area (TPSA) is 81.4 Å². The van der Waals surface area contributed by atoms with Gasteiger partial charge in [0.1, 0.15) is 21.3 Å². The Morgan fingerprint density at radius 1 is 1.42 bits per heavy atom. The number of aromatic carboxylic acids is 1. The molecule has 0 saturated carbocycles. The fraction of sp³-hybridized carbons (Fsp3) is 0.278. The molecule has 2 aromatic heterocycles. The predicted octanol–water partition coefficient (Wildman–Crippen LogP) is 2.84. The first-order chi connectivity index (χ1) is 12.4. The number of carboxylic acids is 1. The summed E-state index contributed by atoms with van der Waals surface area (Å²) in [6, 6.07) is 6.00. The number of halogens is 1. The van der Waals surface area contributed by atoms with Crippen molar-refractivity contribution in [3.05, 3.63) is 62.3 Å². The minimum absolute atomic E-state index is 0.103. The molecule has 0 bridgehead atoms. The van der Waals surface area contributed by atoms with Gasteiger partial charge in [-0.1, -0.05) is 12.1 Å². The largest absolute Gasteiger partial charge is 0.477 e. The Bertz CT molecular complexity index is 1040. The van der Waals surface area contributed by atoms with Gasteiger partial charge in [0.2, 0.25) is 0 Å². The molecule has 6 nitrogen and oxygen atoms in total. The van der Waals surface area contributed by atoms with Crippen LogP contribution in [0.15, 0.2) is 29.1 Å².